The predicted molar refractivity (Wildman–Crippen MR) is 70.2 cm³/mol. The van der Waals surface area contributed by atoms with E-state index < -0.39 is 0 Å². The second-order valence-electron chi connectivity index (χ2n) is 5.73. The van der Waals surface area contributed by atoms with Crippen molar-refractivity contribution in [2.24, 2.45) is 10.8 Å². The fourth-order valence-corrected chi connectivity index (χ4v) is 1.63. The normalized spacial score (nSPS) is 13.3. The molecule has 0 amide bonds. The molecule has 0 aromatic heterocycles. The van der Waals surface area contributed by atoms with Crippen LogP contribution in [0.25, 0.3) is 0 Å². The van der Waals surface area contributed by atoms with Gasteiger partial charge in [-0.3, -0.25) is 0 Å². The van der Waals surface area contributed by atoms with Crippen LogP contribution in [-0.4, -0.2) is 5.80 Å². The molecule has 0 bridgehead atoms. The highest BCUT2D eigenvalue weighted by molar-refractivity contribution is 7.43. The number of hydrogen-bond acceptors (Lipinski definition) is 0. The molecule has 0 N–H and O–H groups in total. The molecule has 0 radical (unpaired) electrons. The van der Waals surface area contributed by atoms with Gasteiger partial charge in [0.2, 0.25) is 0 Å². The van der Waals surface area contributed by atoms with Crippen LogP contribution in [0, 0.1) is 10.8 Å². The van der Waals surface area contributed by atoms with Crippen molar-refractivity contribution in [3.63, 3.8) is 0 Å². The summed E-state index contributed by atoms with van der Waals surface area (Å²) in [6.07, 6.45) is 0. The fraction of sp³-hybridized carbons (Fsp3) is 0.615. The minimum Gasteiger partial charge on any atom is -0.0949 e. The van der Waals surface area contributed by atoms with Gasteiger partial charge in [-0.15, -0.1) is 0 Å². The van der Waals surface area contributed by atoms with Crippen LogP contribution in [-0.2, 0) is 0 Å². The van der Waals surface area contributed by atoms with Gasteiger partial charge in [0.1, 0.15) is 0 Å². The van der Waals surface area contributed by atoms with Gasteiger partial charge in [-0.25, -0.2) is 0 Å². The Bertz CT molecular complexity index is 228. The molecule has 0 saturated carbocycles. The van der Waals surface area contributed by atoms with Crippen molar-refractivity contribution < 1.29 is 0 Å². The Hall–Kier alpha value is -0.350. The Kier molecular flexibility index (Phi) is 4.34. The first-order valence-corrected chi connectivity index (χ1v) is 5.94. The minimum atomic E-state index is 0.172. The third kappa shape index (κ3) is 4.77. The van der Waals surface area contributed by atoms with Crippen LogP contribution in [0.1, 0.15) is 41.5 Å². The van der Waals surface area contributed by atoms with E-state index in [1.54, 1.807) is 0 Å². The monoisotopic (exact) mass is 210 g/mol. The zero-order chi connectivity index (χ0) is 11.6. The molecule has 80 valence electrons. The highest BCUT2D eigenvalue weighted by Gasteiger charge is 2.15. The summed E-state index contributed by atoms with van der Waals surface area (Å²) in [7, 11) is 1.20. The molecule has 0 nitrogen and oxygen atoms in total. The summed E-state index contributed by atoms with van der Waals surface area (Å²) in [6.45, 7) is 21.3. The van der Waals surface area contributed by atoms with E-state index in [1.807, 2.05) is 0 Å². The summed E-state index contributed by atoms with van der Waals surface area (Å²) in [5, 5.41) is 1.24. The van der Waals surface area contributed by atoms with Crippen LogP contribution < -0.4 is 0 Å². The maximum Gasteiger partial charge on any atom is -0.00943 e. The second-order valence-corrected chi connectivity index (χ2v) is 6.79. The maximum absolute atomic E-state index is 4.10. The van der Waals surface area contributed by atoms with E-state index in [2.05, 4.69) is 60.5 Å². The number of allylic oxidation sites excluding steroid dienone is 2. The van der Waals surface area contributed by atoms with E-state index in [0.717, 1.165) is 0 Å². The molecule has 14 heavy (non-hydrogen) atoms. The lowest BCUT2D eigenvalue weighted by atomic mass is 9.89. The van der Waals surface area contributed by atoms with Crippen LogP contribution >= 0.6 is 8.20 Å². The minimum absolute atomic E-state index is 0.172. The Labute approximate surface area is 90.9 Å². The lowest BCUT2D eigenvalue weighted by Gasteiger charge is -2.21. The van der Waals surface area contributed by atoms with Crippen LogP contribution in [0.4, 0.5) is 0 Å². The number of hydrogen-bond donors (Lipinski definition) is 0. The first kappa shape index (κ1) is 13.7. The van der Waals surface area contributed by atoms with Gasteiger partial charge >= 0.3 is 0 Å². The van der Waals surface area contributed by atoms with Gasteiger partial charge in [-0.05, 0) is 27.5 Å². The smallest absolute Gasteiger partial charge is 0.00943 e. The summed E-state index contributed by atoms with van der Waals surface area (Å²) >= 11 is 0. The lowest BCUT2D eigenvalue weighted by Crippen LogP contribution is -2.09. The van der Waals surface area contributed by atoms with Crippen molar-refractivity contribution in [2.75, 3.05) is 0 Å². The predicted octanol–water partition coefficient (Wildman–Crippen LogP) is 4.90. The summed E-state index contributed by atoms with van der Waals surface area (Å²) in [5.41, 5.74) is 1.55. The van der Waals surface area contributed by atoms with Crippen molar-refractivity contribution >= 4 is 14.0 Å². The van der Waals surface area contributed by atoms with Gasteiger partial charge < -0.3 is 0 Å². The summed E-state index contributed by atoms with van der Waals surface area (Å²) in [6, 6.07) is 0. The second kappa shape index (κ2) is 4.45. The van der Waals surface area contributed by atoms with Crippen molar-refractivity contribution in [2.45, 2.75) is 41.5 Å². The summed E-state index contributed by atoms with van der Waals surface area (Å²) in [4.78, 5) is 0. The van der Waals surface area contributed by atoms with Crippen molar-refractivity contribution in [3.05, 3.63) is 24.0 Å². The Morgan fingerprint density at radius 3 is 1.64 bits per heavy atom. The molecule has 0 fully saturated rings. The van der Waals surface area contributed by atoms with Gasteiger partial charge in [-0.2, -0.15) is 0 Å². The third-order valence-corrected chi connectivity index (χ3v) is 3.63. The van der Waals surface area contributed by atoms with Crippen LogP contribution in [0.2, 0.25) is 0 Å². The van der Waals surface area contributed by atoms with Gasteiger partial charge in [0.05, 0.1) is 0 Å². The van der Waals surface area contributed by atoms with Gasteiger partial charge in [0.25, 0.3) is 0 Å². The molecule has 0 unspecified atom stereocenters. The molecule has 0 rings (SSSR count). The third-order valence-electron chi connectivity index (χ3n) is 2.21. The Morgan fingerprint density at radius 2 is 1.36 bits per heavy atom. The van der Waals surface area contributed by atoms with E-state index in [0.29, 0.717) is 0 Å². The molecule has 0 heterocycles. The van der Waals surface area contributed by atoms with Crippen LogP contribution in [0.15, 0.2) is 24.0 Å². The topological polar surface area (TPSA) is 0 Å². The van der Waals surface area contributed by atoms with Crippen LogP contribution in [0.5, 0.6) is 0 Å². The summed E-state index contributed by atoms with van der Waals surface area (Å²) in [5.74, 6) is 2.17. The average Bonchev–Trinajstić information content (AvgIpc) is 1.95. The van der Waals surface area contributed by atoms with E-state index in [1.165, 1.54) is 19.1 Å². The molecule has 0 aliphatic carbocycles. The zero-order valence-electron chi connectivity index (χ0n) is 10.4. The van der Waals surface area contributed by atoms with Crippen molar-refractivity contribution in [1.82, 2.24) is 0 Å². The quantitative estimate of drug-likeness (QED) is 0.569. The Balaban J connectivity index is 4.49. The van der Waals surface area contributed by atoms with Gasteiger partial charge in [0.15, 0.2) is 0 Å². The molecule has 0 aliphatic rings. The van der Waals surface area contributed by atoms with E-state index in [9.17, 15) is 0 Å². The maximum atomic E-state index is 4.10. The highest BCUT2D eigenvalue weighted by atomic mass is 31.1. The van der Waals surface area contributed by atoms with Crippen molar-refractivity contribution in [1.29, 1.82) is 0 Å². The summed E-state index contributed by atoms with van der Waals surface area (Å²) < 4.78 is 0. The molecule has 0 atom stereocenters. The Morgan fingerprint density at radius 1 is 0.929 bits per heavy atom. The fourth-order valence-electron chi connectivity index (χ4n) is 0.543. The van der Waals surface area contributed by atoms with E-state index in [4.69, 9.17) is 0 Å². The molecular weight excluding hydrogens is 187 g/mol. The lowest BCUT2D eigenvalue weighted by molar-refractivity contribution is 0.528. The number of rotatable bonds is 2. The molecular formula is C13H23P. The first-order chi connectivity index (χ1) is 6.05. The zero-order valence-corrected chi connectivity index (χ0v) is 11.3. The molecule has 0 aromatic carbocycles. The van der Waals surface area contributed by atoms with E-state index in [-0.39, 0.29) is 10.8 Å². The highest BCUT2D eigenvalue weighted by Crippen LogP contribution is 2.33. The van der Waals surface area contributed by atoms with E-state index >= 15 is 0 Å². The molecule has 0 aliphatic heterocycles. The molecule has 0 saturated heterocycles. The van der Waals surface area contributed by atoms with Crippen molar-refractivity contribution in [3.8, 4) is 0 Å². The van der Waals surface area contributed by atoms with Crippen LogP contribution in [0.3, 0.4) is 0 Å². The first-order valence-electron chi connectivity index (χ1n) is 4.98. The SMILES string of the molecule is C=C(/C=P\C(=C)C(C)(C)C)C(C)(C)C. The average molecular weight is 210 g/mol. The largest absolute Gasteiger partial charge is 0.0949 e. The van der Waals surface area contributed by atoms with Gasteiger partial charge in [-0.1, -0.05) is 62.9 Å². The standard InChI is InChI=1S/C13H23P/c1-10(12(3,4)5)9-14-11(2)13(6,7)8/h9H,1-2H2,3-8H3. The van der Waals surface area contributed by atoms with Gasteiger partial charge in [0, 0.05) is 0 Å². The molecule has 1 heteroatoms. The molecule has 0 aromatic rings. The molecule has 0 spiro atoms.